The molecule has 0 aliphatic heterocycles. The van der Waals surface area contributed by atoms with Crippen molar-refractivity contribution < 1.29 is 28.5 Å². The van der Waals surface area contributed by atoms with Gasteiger partial charge in [-0.3, -0.25) is 0 Å². The Hall–Kier alpha value is -0.0231. The molecule has 0 unspecified atom stereocenters. The summed E-state index contributed by atoms with van der Waals surface area (Å²) in [6.45, 7) is 18.7. The molecule has 0 saturated heterocycles. The van der Waals surface area contributed by atoms with E-state index >= 15 is 0 Å². The highest BCUT2D eigenvalue weighted by atomic mass is 28.4. The van der Waals surface area contributed by atoms with E-state index in [0.717, 1.165) is 76.1 Å². The molecule has 0 aliphatic carbocycles. The Labute approximate surface area is 225 Å². The van der Waals surface area contributed by atoms with Crippen molar-refractivity contribution >= 4 is 8.32 Å². The fourth-order valence-electron chi connectivity index (χ4n) is 4.37. The quantitative estimate of drug-likeness (QED) is 0.0893. The Balaban J connectivity index is 6.22. The minimum atomic E-state index is -1.93. The summed E-state index contributed by atoms with van der Waals surface area (Å²) < 4.78 is 32.8. The summed E-state index contributed by atoms with van der Waals surface area (Å²) in [7, 11) is -1.93. The van der Waals surface area contributed by atoms with Gasteiger partial charge in [0.2, 0.25) is 0 Å². The van der Waals surface area contributed by atoms with Crippen LogP contribution in [0.1, 0.15) is 106 Å². The maximum atomic E-state index is 9.92. The van der Waals surface area contributed by atoms with Gasteiger partial charge in [-0.25, -0.2) is 0 Å². The molecule has 0 fully saturated rings. The summed E-state index contributed by atoms with van der Waals surface area (Å²) in [4.78, 5) is 0. The number of aliphatic hydroxyl groups is 1. The third-order valence-electron chi connectivity index (χ3n) is 7.18. The van der Waals surface area contributed by atoms with Crippen LogP contribution in [-0.2, 0) is 23.4 Å². The maximum absolute atomic E-state index is 9.92. The first-order valence-electron chi connectivity index (χ1n) is 15.2. The molecule has 6 nitrogen and oxygen atoms in total. The Morgan fingerprint density at radius 3 is 1.47 bits per heavy atom. The van der Waals surface area contributed by atoms with Gasteiger partial charge in [-0.1, -0.05) is 74.1 Å². The molecular weight excluding hydrogens is 472 g/mol. The van der Waals surface area contributed by atoms with Crippen molar-refractivity contribution in [3.05, 3.63) is 0 Å². The van der Waals surface area contributed by atoms with Crippen molar-refractivity contribution in [2.75, 3.05) is 39.6 Å². The second-order valence-corrected chi connectivity index (χ2v) is 14.7. The molecule has 1 N–H and O–H groups in total. The first kappa shape index (κ1) is 36.0. The van der Waals surface area contributed by atoms with Gasteiger partial charge >= 0.3 is 0 Å². The first-order chi connectivity index (χ1) is 17.5. The van der Waals surface area contributed by atoms with Crippen molar-refractivity contribution in [1.29, 1.82) is 0 Å². The monoisotopic (exact) mass is 534 g/mol. The molecule has 36 heavy (non-hydrogen) atoms. The van der Waals surface area contributed by atoms with E-state index in [1.165, 1.54) is 0 Å². The zero-order valence-electron chi connectivity index (χ0n) is 25.0. The lowest BCUT2D eigenvalue weighted by Gasteiger charge is -2.41. The predicted molar refractivity (Wildman–Crippen MR) is 153 cm³/mol. The van der Waals surface area contributed by atoms with Crippen LogP contribution in [0.5, 0.6) is 0 Å². The largest absolute Gasteiger partial charge is 0.409 e. The SMILES string of the molecule is CCCCOC[C@@H](O[Si](CC)(CC)CC)[C@H](OCCCC)[C@H](OCCCC)[C@H](CCO)OCCCC. The van der Waals surface area contributed by atoms with Crippen LogP contribution in [0.2, 0.25) is 18.1 Å². The van der Waals surface area contributed by atoms with E-state index in [2.05, 4.69) is 48.5 Å². The highest BCUT2D eigenvalue weighted by molar-refractivity contribution is 6.73. The number of aliphatic hydroxyl groups excluding tert-OH is 1. The Morgan fingerprint density at radius 2 is 1.03 bits per heavy atom. The number of hydrogen-bond donors (Lipinski definition) is 1. The van der Waals surface area contributed by atoms with Gasteiger partial charge in [-0.15, -0.1) is 0 Å². The molecule has 0 aliphatic rings. The lowest BCUT2D eigenvalue weighted by atomic mass is 10.00. The van der Waals surface area contributed by atoms with Crippen molar-refractivity contribution in [3.63, 3.8) is 0 Å². The third kappa shape index (κ3) is 14.8. The highest BCUT2D eigenvalue weighted by Crippen LogP contribution is 2.29. The minimum absolute atomic E-state index is 0.0577. The summed E-state index contributed by atoms with van der Waals surface area (Å²) in [6, 6.07) is 3.21. The molecule has 0 saturated carbocycles. The van der Waals surface area contributed by atoms with Crippen LogP contribution >= 0.6 is 0 Å². The minimum Gasteiger partial charge on any atom is -0.409 e. The average Bonchev–Trinajstić information content (AvgIpc) is 2.90. The van der Waals surface area contributed by atoms with Gasteiger partial charge in [0, 0.05) is 33.0 Å². The molecule has 0 spiro atoms. The van der Waals surface area contributed by atoms with Crippen LogP contribution in [-0.4, -0.2) is 77.5 Å². The molecule has 4 atom stereocenters. The average molecular weight is 535 g/mol. The van der Waals surface area contributed by atoms with Gasteiger partial charge in [-0.05, 0) is 50.2 Å². The van der Waals surface area contributed by atoms with Crippen LogP contribution in [0.25, 0.3) is 0 Å². The van der Waals surface area contributed by atoms with E-state index in [0.29, 0.717) is 32.8 Å². The third-order valence-corrected chi connectivity index (χ3v) is 11.8. The molecule has 7 heteroatoms. The van der Waals surface area contributed by atoms with Gasteiger partial charge in [0.25, 0.3) is 0 Å². The van der Waals surface area contributed by atoms with Crippen LogP contribution in [0.3, 0.4) is 0 Å². The van der Waals surface area contributed by atoms with Gasteiger partial charge in [0.15, 0.2) is 8.32 Å². The predicted octanol–water partition coefficient (Wildman–Crippen LogP) is 7.13. The van der Waals surface area contributed by atoms with E-state index in [9.17, 15) is 5.11 Å². The van der Waals surface area contributed by atoms with Gasteiger partial charge in [-0.2, -0.15) is 0 Å². The number of rotatable bonds is 27. The van der Waals surface area contributed by atoms with Crippen molar-refractivity contribution in [3.8, 4) is 0 Å². The topological polar surface area (TPSA) is 66.4 Å². The van der Waals surface area contributed by atoms with E-state index < -0.39 is 8.32 Å². The van der Waals surface area contributed by atoms with E-state index in [1.807, 2.05) is 0 Å². The Morgan fingerprint density at radius 1 is 0.583 bits per heavy atom. The van der Waals surface area contributed by atoms with Gasteiger partial charge in [0.1, 0.15) is 12.2 Å². The molecule has 0 radical (unpaired) electrons. The zero-order valence-corrected chi connectivity index (χ0v) is 26.0. The van der Waals surface area contributed by atoms with Crippen molar-refractivity contribution in [2.24, 2.45) is 0 Å². The number of ether oxygens (including phenoxy) is 4. The molecular formula is C29H62O6Si. The lowest BCUT2D eigenvalue weighted by molar-refractivity contribution is -0.177. The second-order valence-electron chi connectivity index (χ2n) is 9.98. The Kier molecular flexibility index (Phi) is 24.0. The first-order valence-corrected chi connectivity index (χ1v) is 17.8. The number of unbranched alkanes of at least 4 members (excludes halogenated alkanes) is 4. The maximum Gasteiger partial charge on any atom is 0.192 e. The molecule has 0 aromatic carbocycles. The van der Waals surface area contributed by atoms with Crippen LogP contribution in [0.15, 0.2) is 0 Å². The van der Waals surface area contributed by atoms with Gasteiger partial charge in [0.05, 0.1) is 18.8 Å². The van der Waals surface area contributed by atoms with E-state index in [1.54, 1.807) is 0 Å². The molecule has 0 amide bonds. The van der Waals surface area contributed by atoms with Crippen molar-refractivity contribution in [2.45, 2.75) is 149 Å². The molecule has 0 heterocycles. The Bertz CT molecular complexity index is 455. The fourth-order valence-corrected chi connectivity index (χ4v) is 7.21. The second kappa shape index (κ2) is 24.0. The standard InChI is InChI=1S/C29H62O6Si/c1-8-15-21-31-25-27(35-36(12-5,13-6)14-7)29(34-24-18-11-4)28(33-23-17-10-3)26(19-20-30)32-22-16-9-2/h26-30H,8-25H2,1-7H3/t26-,27+,28+,29-/m0/s1. The molecule has 218 valence electrons. The smallest absolute Gasteiger partial charge is 0.192 e. The van der Waals surface area contributed by atoms with Crippen molar-refractivity contribution in [1.82, 2.24) is 0 Å². The number of hydrogen-bond acceptors (Lipinski definition) is 6. The zero-order chi connectivity index (χ0) is 27.1. The molecule has 0 bridgehead atoms. The van der Waals surface area contributed by atoms with E-state index in [4.69, 9.17) is 23.4 Å². The summed E-state index contributed by atoms with van der Waals surface area (Å²) in [5.74, 6) is 0. The molecule has 0 aromatic heterocycles. The molecule has 0 aromatic rings. The van der Waals surface area contributed by atoms with Crippen LogP contribution in [0, 0.1) is 0 Å². The van der Waals surface area contributed by atoms with E-state index in [-0.39, 0.29) is 31.0 Å². The summed E-state index contributed by atoms with van der Waals surface area (Å²) >= 11 is 0. The molecule has 0 rings (SSSR count). The summed E-state index contributed by atoms with van der Waals surface area (Å²) in [5.41, 5.74) is 0. The summed E-state index contributed by atoms with van der Waals surface area (Å²) in [6.07, 6.45) is 7.75. The van der Waals surface area contributed by atoms with Crippen LogP contribution in [0.4, 0.5) is 0 Å². The normalized spacial score (nSPS) is 15.7. The fraction of sp³-hybridized carbons (Fsp3) is 1.00. The summed E-state index contributed by atoms with van der Waals surface area (Å²) in [5, 5.41) is 9.92. The van der Waals surface area contributed by atoms with Crippen LogP contribution < -0.4 is 0 Å². The lowest BCUT2D eigenvalue weighted by Crippen LogP contribution is -2.55. The van der Waals surface area contributed by atoms with Gasteiger partial charge < -0.3 is 28.5 Å². The highest BCUT2D eigenvalue weighted by Gasteiger charge is 2.42.